The molecular formula is C21H28BrNO2. The summed E-state index contributed by atoms with van der Waals surface area (Å²) in [7, 11) is 0. The predicted molar refractivity (Wildman–Crippen MR) is 107 cm³/mol. The Labute approximate surface area is 159 Å². The third kappa shape index (κ3) is 6.05. The van der Waals surface area contributed by atoms with E-state index in [1.54, 1.807) is 0 Å². The van der Waals surface area contributed by atoms with Gasteiger partial charge in [0.1, 0.15) is 6.61 Å². The highest BCUT2D eigenvalue weighted by Crippen LogP contribution is 2.37. The minimum atomic E-state index is 0.492. The maximum atomic E-state index is 6.06. The van der Waals surface area contributed by atoms with Gasteiger partial charge in [0.05, 0.1) is 11.1 Å². The first-order valence-corrected chi connectivity index (χ1v) is 9.69. The summed E-state index contributed by atoms with van der Waals surface area (Å²) in [5, 5.41) is 3.51. The van der Waals surface area contributed by atoms with E-state index in [2.05, 4.69) is 78.4 Å². The van der Waals surface area contributed by atoms with Crippen LogP contribution in [0.5, 0.6) is 11.5 Å². The fourth-order valence-electron chi connectivity index (χ4n) is 2.40. The molecule has 0 aliphatic carbocycles. The zero-order valence-corrected chi connectivity index (χ0v) is 17.2. The zero-order chi connectivity index (χ0) is 18.2. The topological polar surface area (TPSA) is 30.5 Å². The molecule has 2 aromatic rings. The summed E-state index contributed by atoms with van der Waals surface area (Å²) < 4.78 is 12.8. The molecular weight excluding hydrogens is 378 g/mol. The average molecular weight is 406 g/mol. The van der Waals surface area contributed by atoms with Crippen LogP contribution < -0.4 is 14.8 Å². The van der Waals surface area contributed by atoms with E-state index in [-0.39, 0.29) is 0 Å². The molecule has 136 valence electrons. The third-order valence-electron chi connectivity index (χ3n) is 4.14. The Morgan fingerprint density at radius 1 is 1.04 bits per heavy atom. The van der Waals surface area contributed by atoms with Crippen LogP contribution in [0.15, 0.2) is 40.9 Å². The minimum Gasteiger partial charge on any atom is -0.490 e. The molecule has 0 unspecified atom stereocenters. The van der Waals surface area contributed by atoms with Crippen molar-refractivity contribution >= 4 is 15.9 Å². The number of ether oxygens (including phenoxy) is 2. The maximum Gasteiger partial charge on any atom is 0.175 e. The van der Waals surface area contributed by atoms with Crippen molar-refractivity contribution in [3.63, 3.8) is 0 Å². The van der Waals surface area contributed by atoms with Crippen LogP contribution >= 0.6 is 15.9 Å². The summed E-state index contributed by atoms with van der Waals surface area (Å²) in [5.74, 6) is 1.54. The highest BCUT2D eigenvalue weighted by molar-refractivity contribution is 9.10. The van der Waals surface area contributed by atoms with E-state index in [1.165, 1.54) is 11.1 Å². The summed E-state index contributed by atoms with van der Waals surface area (Å²) in [4.78, 5) is 0. The summed E-state index contributed by atoms with van der Waals surface area (Å²) in [6.45, 7) is 10.4. The quantitative estimate of drug-likeness (QED) is 0.586. The monoisotopic (exact) mass is 405 g/mol. The Kier molecular flexibility index (Phi) is 7.79. The highest BCUT2D eigenvalue weighted by atomic mass is 79.9. The minimum absolute atomic E-state index is 0.492. The van der Waals surface area contributed by atoms with Gasteiger partial charge in [0.15, 0.2) is 11.5 Å². The highest BCUT2D eigenvalue weighted by Gasteiger charge is 2.13. The number of hydrogen-bond acceptors (Lipinski definition) is 3. The second kappa shape index (κ2) is 9.83. The predicted octanol–water partition coefficient (Wildman–Crippen LogP) is 5.62. The van der Waals surface area contributed by atoms with Crippen LogP contribution in [0.2, 0.25) is 0 Å². The van der Waals surface area contributed by atoms with E-state index < -0.39 is 0 Å². The fourth-order valence-corrected chi connectivity index (χ4v) is 3.01. The van der Waals surface area contributed by atoms with Gasteiger partial charge >= 0.3 is 0 Å². The van der Waals surface area contributed by atoms with Crippen molar-refractivity contribution in [2.75, 3.05) is 6.61 Å². The lowest BCUT2D eigenvalue weighted by atomic mass is 10.1. The van der Waals surface area contributed by atoms with Gasteiger partial charge in [0.25, 0.3) is 0 Å². The van der Waals surface area contributed by atoms with Gasteiger partial charge < -0.3 is 14.8 Å². The zero-order valence-electron chi connectivity index (χ0n) is 15.6. The van der Waals surface area contributed by atoms with Crippen LogP contribution in [-0.4, -0.2) is 12.6 Å². The van der Waals surface area contributed by atoms with E-state index >= 15 is 0 Å². The molecule has 0 heterocycles. The van der Waals surface area contributed by atoms with Crippen LogP contribution in [0.1, 0.15) is 43.9 Å². The van der Waals surface area contributed by atoms with Crippen LogP contribution in [0.25, 0.3) is 0 Å². The Morgan fingerprint density at radius 2 is 1.76 bits per heavy atom. The Bertz CT molecular complexity index is 670. The molecule has 0 saturated carbocycles. The molecule has 25 heavy (non-hydrogen) atoms. The standard InChI is InChI=1S/C21H28BrNO2/c1-5-16(4)23-13-18-11-19(22)21(20(12-18)24-6-2)25-14-17-9-7-15(3)8-10-17/h7-12,16,23H,5-6,13-14H2,1-4H3/t16-/m1/s1. The molecule has 0 spiro atoms. The second-order valence-corrected chi connectivity index (χ2v) is 7.16. The first kappa shape index (κ1) is 19.8. The van der Waals surface area contributed by atoms with Crippen LogP contribution in [0.4, 0.5) is 0 Å². The van der Waals surface area contributed by atoms with E-state index in [4.69, 9.17) is 9.47 Å². The van der Waals surface area contributed by atoms with Gasteiger partial charge in [-0.1, -0.05) is 36.8 Å². The van der Waals surface area contributed by atoms with Gasteiger partial charge in [-0.05, 0) is 66.4 Å². The molecule has 3 nitrogen and oxygen atoms in total. The number of nitrogens with one attached hydrogen (secondary N) is 1. The van der Waals surface area contributed by atoms with Crippen molar-refractivity contribution in [2.24, 2.45) is 0 Å². The fraction of sp³-hybridized carbons (Fsp3) is 0.429. The van der Waals surface area contributed by atoms with E-state index in [0.29, 0.717) is 19.3 Å². The van der Waals surface area contributed by atoms with Gasteiger partial charge in [-0.2, -0.15) is 0 Å². The molecule has 0 aliphatic rings. The summed E-state index contributed by atoms with van der Waals surface area (Å²) in [6, 6.07) is 13.0. The molecule has 0 bridgehead atoms. The summed E-state index contributed by atoms with van der Waals surface area (Å²) in [5.41, 5.74) is 3.57. The van der Waals surface area contributed by atoms with Gasteiger partial charge in [-0.15, -0.1) is 0 Å². The molecule has 0 aliphatic heterocycles. The SMILES string of the molecule is CCOc1cc(CN[C@H](C)CC)cc(Br)c1OCc1ccc(C)cc1. The first-order chi connectivity index (χ1) is 12.0. The van der Waals surface area contributed by atoms with E-state index in [9.17, 15) is 0 Å². The Hall–Kier alpha value is -1.52. The molecule has 4 heteroatoms. The van der Waals surface area contributed by atoms with Gasteiger partial charge in [0.2, 0.25) is 0 Å². The summed E-state index contributed by atoms with van der Waals surface area (Å²) >= 11 is 3.64. The largest absolute Gasteiger partial charge is 0.490 e. The van der Waals surface area contributed by atoms with Crippen molar-refractivity contribution < 1.29 is 9.47 Å². The van der Waals surface area contributed by atoms with Crippen LogP contribution in [-0.2, 0) is 13.2 Å². The third-order valence-corrected chi connectivity index (χ3v) is 4.73. The molecule has 0 saturated heterocycles. The molecule has 0 fully saturated rings. The van der Waals surface area contributed by atoms with Crippen molar-refractivity contribution in [1.29, 1.82) is 0 Å². The van der Waals surface area contributed by atoms with Crippen molar-refractivity contribution in [1.82, 2.24) is 5.32 Å². The number of rotatable bonds is 9. The smallest absolute Gasteiger partial charge is 0.175 e. The van der Waals surface area contributed by atoms with Gasteiger partial charge in [-0.25, -0.2) is 0 Å². The second-order valence-electron chi connectivity index (χ2n) is 6.30. The maximum absolute atomic E-state index is 6.06. The summed E-state index contributed by atoms with van der Waals surface area (Å²) in [6.07, 6.45) is 1.11. The van der Waals surface area contributed by atoms with Gasteiger partial charge in [0, 0.05) is 12.6 Å². The molecule has 1 N–H and O–H groups in total. The molecule has 0 radical (unpaired) electrons. The normalized spacial score (nSPS) is 12.0. The van der Waals surface area contributed by atoms with E-state index in [1.807, 2.05) is 6.92 Å². The average Bonchev–Trinajstić information content (AvgIpc) is 2.60. The Morgan fingerprint density at radius 3 is 2.40 bits per heavy atom. The van der Waals surface area contributed by atoms with Crippen molar-refractivity contribution in [3.8, 4) is 11.5 Å². The first-order valence-electron chi connectivity index (χ1n) is 8.90. The molecule has 1 atom stereocenters. The number of benzene rings is 2. The molecule has 0 aromatic heterocycles. The lowest BCUT2D eigenvalue weighted by molar-refractivity contribution is 0.267. The molecule has 2 rings (SSSR count). The van der Waals surface area contributed by atoms with Crippen molar-refractivity contribution in [2.45, 2.75) is 53.3 Å². The van der Waals surface area contributed by atoms with Crippen LogP contribution in [0, 0.1) is 6.92 Å². The number of hydrogen-bond donors (Lipinski definition) is 1. The molecule has 2 aromatic carbocycles. The lowest BCUT2D eigenvalue weighted by Gasteiger charge is -2.17. The van der Waals surface area contributed by atoms with Crippen molar-refractivity contribution in [3.05, 3.63) is 57.6 Å². The lowest BCUT2D eigenvalue weighted by Crippen LogP contribution is -2.24. The van der Waals surface area contributed by atoms with Gasteiger partial charge in [-0.3, -0.25) is 0 Å². The van der Waals surface area contributed by atoms with Crippen LogP contribution in [0.3, 0.4) is 0 Å². The molecule has 0 amide bonds. The number of aryl methyl sites for hydroxylation is 1. The Balaban J connectivity index is 2.13. The number of halogens is 1. The van der Waals surface area contributed by atoms with E-state index in [0.717, 1.165) is 34.5 Å².